The van der Waals surface area contributed by atoms with E-state index in [1.807, 2.05) is 6.92 Å². The molecule has 2 aromatic rings. The van der Waals surface area contributed by atoms with Gasteiger partial charge in [-0.05, 0) is 48.7 Å². The van der Waals surface area contributed by atoms with Gasteiger partial charge in [-0.25, -0.2) is 16.8 Å². The highest BCUT2D eigenvalue weighted by Crippen LogP contribution is 2.24. The maximum atomic E-state index is 12.8. The third-order valence-corrected chi connectivity index (χ3v) is 7.05. The summed E-state index contributed by atoms with van der Waals surface area (Å²) in [6.07, 6.45) is 2.85. The number of carbonyl (C=O) groups excluding carboxylic acids is 1. The molecule has 0 bridgehead atoms. The smallest absolute Gasteiger partial charge is 0.251 e. The minimum absolute atomic E-state index is 0.217. The molecular formula is C20H26N2O5S2. The van der Waals surface area contributed by atoms with Gasteiger partial charge >= 0.3 is 0 Å². The van der Waals surface area contributed by atoms with Gasteiger partial charge in [0, 0.05) is 18.9 Å². The van der Waals surface area contributed by atoms with E-state index in [1.165, 1.54) is 19.2 Å². The van der Waals surface area contributed by atoms with Crippen molar-refractivity contribution >= 4 is 31.5 Å². The Labute approximate surface area is 172 Å². The number of carbonyl (C=O) groups is 1. The highest BCUT2D eigenvalue weighted by atomic mass is 32.2. The number of hydrogen-bond donors (Lipinski definition) is 1. The number of sulfone groups is 1. The SMILES string of the molecule is CCC(NC(=O)c1ccc(C)c(N(C)S(C)(=O)=O)c1)c1ccc(S(C)(=O)=O)cc1. The quantitative estimate of drug-likeness (QED) is 0.716. The molecule has 2 rings (SSSR count). The zero-order valence-corrected chi connectivity index (χ0v) is 18.8. The molecule has 1 unspecified atom stereocenters. The maximum Gasteiger partial charge on any atom is 0.251 e. The van der Waals surface area contributed by atoms with E-state index in [-0.39, 0.29) is 16.8 Å². The molecule has 1 amide bonds. The Bertz CT molecular complexity index is 1110. The second-order valence-electron chi connectivity index (χ2n) is 7.01. The molecule has 2 aromatic carbocycles. The van der Waals surface area contributed by atoms with Crippen molar-refractivity contribution in [3.8, 4) is 0 Å². The highest BCUT2D eigenvalue weighted by Gasteiger charge is 2.19. The van der Waals surface area contributed by atoms with E-state index < -0.39 is 19.9 Å². The van der Waals surface area contributed by atoms with Crippen LogP contribution in [-0.4, -0.2) is 42.3 Å². The summed E-state index contributed by atoms with van der Waals surface area (Å²) in [6.45, 7) is 3.68. The predicted molar refractivity (Wildman–Crippen MR) is 114 cm³/mol. The molecule has 0 aliphatic rings. The van der Waals surface area contributed by atoms with E-state index in [1.54, 1.807) is 37.3 Å². The van der Waals surface area contributed by atoms with Crippen molar-refractivity contribution in [2.75, 3.05) is 23.9 Å². The average Bonchev–Trinajstić information content (AvgIpc) is 2.64. The number of sulfonamides is 1. The summed E-state index contributed by atoms with van der Waals surface area (Å²) >= 11 is 0. The highest BCUT2D eigenvalue weighted by molar-refractivity contribution is 7.92. The lowest BCUT2D eigenvalue weighted by atomic mass is 10.0. The summed E-state index contributed by atoms with van der Waals surface area (Å²) < 4.78 is 48.1. The Morgan fingerprint density at radius 3 is 2.10 bits per heavy atom. The van der Waals surface area contributed by atoms with Crippen LogP contribution in [0.25, 0.3) is 0 Å². The lowest BCUT2D eigenvalue weighted by Gasteiger charge is -2.21. The third-order valence-electron chi connectivity index (χ3n) is 4.73. The van der Waals surface area contributed by atoms with Crippen molar-refractivity contribution in [3.63, 3.8) is 0 Å². The normalized spacial score (nSPS) is 13.0. The zero-order valence-electron chi connectivity index (χ0n) is 17.1. The topological polar surface area (TPSA) is 101 Å². The molecule has 0 saturated carbocycles. The van der Waals surface area contributed by atoms with Crippen molar-refractivity contribution in [1.29, 1.82) is 0 Å². The first kappa shape index (κ1) is 22.9. The van der Waals surface area contributed by atoms with Crippen LogP contribution in [0.5, 0.6) is 0 Å². The number of rotatable bonds is 7. The van der Waals surface area contributed by atoms with Crippen LogP contribution >= 0.6 is 0 Å². The van der Waals surface area contributed by atoms with Gasteiger partial charge in [-0.3, -0.25) is 9.10 Å². The molecule has 0 saturated heterocycles. The fourth-order valence-electron chi connectivity index (χ4n) is 2.88. The van der Waals surface area contributed by atoms with Crippen molar-refractivity contribution in [2.45, 2.75) is 31.2 Å². The van der Waals surface area contributed by atoms with E-state index in [0.717, 1.165) is 27.9 Å². The number of nitrogens with one attached hydrogen (secondary N) is 1. The monoisotopic (exact) mass is 438 g/mol. The number of amides is 1. The Balaban J connectivity index is 2.28. The second-order valence-corrected chi connectivity index (χ2v) is 11.0. The van der Waals surface area contributed by atoms with E-state index >= 15 is 0 Å². The largest absolute Gasteiger partial charge is 0.345 e. The molecule has 0 fully saturated rings. The van der Waals surface area contributed by atoms with Gasteiger partial charge in [0.2, 0.25) is 10.0 Å². The minimum Gasteiger partial charge on any atom is -0.345 e. The third kappa shape index (κ3) is 5.57. The van der Waals surface area contributed by atoms with Gasteiger partial charge in [0.15, 0.2) is 9.84 Å². The van der Waals surface area contributed by atoms with Crippen molar-refractivity contribution in [2.24, 2.45) is 0 Å². The van der Waals surface area contributed by atoms with Gasteiger partial charge in [-0.1, -0.05) is 25.1 Å². The molecule has 1 N–H and O–H groups in total. The van der Waals surface area contributed by atoms with Crippen molar-refractivity contribution < 1.29 is 21.6 Å². The summed E-state index contributed by atoms with van der Waals surface area (Å²) in [7, 11) is -5.30. The molecule has 0 aliphatic heterocycles. The van der Waals surface area contributed by atoms with E-state index in [9.17, 15) is 21.6 Å². The first-order chi connectivity index (χ1) is 13.3. The van der Waals surface area contributed by atoms with Crippen LogP contribution in [-0.2, 0) is 19.9 Å². The average molecular weight is 439 g/mol. The van der Waals surface area contributed by atoms with Gasteiger partial charge in [0.05, 0.1) is 22.9 Å². The summed E-state index contributed by atoms with van der Waals surface area (Å²) in [5.74, 6) is -0.341. The Morgan fingerprint density at radius 2 is 1.62 bits per heavy atom. The standard InChI is InChI=1S/C20H26N2O5S2/c1-6-18(15-9-11-17(12-10-15)28(4,24)25)21-20(23)16-8-7-14(2)19(13-16)22(3)29(5,26)27/h7-13,18H,6H2,1-5H3,(H,21,23). The molecule has 0 aliphatic carbocycles. The van der Waals surface area contributed by atoms with Gasteiger partial charge in [-0.15, -0.1) is 0 Å². The fourth-order valence-corrected chi connectivity index (χ4v) is 4.06. The Hall–Kier alpha value is -2.39. The fraction of sp³-hybridized carbons (Fsp3) is 0.350. The molecule has 0 aromatic heterocycles. The van der Waals surface area contributed by atoms with E-state index in [2.05, 4.69) is 5.32 Å². The number of aryl methyl sites for hydroxylation is 1. The lowest BCUT2D eigenvalue weighted by molar-refractivity contribution is 0.0935. The van der Waals surface area contributed by atoms with Crippen molar-refractivity contribution in [3.05, 3.63) is 59.2 Å². The zero-order chi connectivity index (χ0) is 22.0. The lowest BCUT2D eigenvalue weighted by Crippen LogP contribution is -2.29. The van der Waals surface area contributed by atoms with Gasteiger partial charge < -0.3 is 5.32 Å². The van der Waals surface area contributed by atoms with Crippen LogP contribution in [0.1, 0.15) is 40.9 Å². The molecule has 0 radical (unpaired) electrons. The maximum absolute atomic E-state index is 12.8. The van der Waals surface area contributed by atoms with Gasteiger partial charge in [-0.2, -0.15) is 0 Å². The first-order valence-corrected chi connectivity index (χ1v) is 12.7. The number of anilines is 1. The Kier molecular flexibility index (Phi) is 6.74. The van der Waals surface area contributed by atoms with Gasteiger partial charge in [0.1, 0.15) is 0 Å². The predicted octanol–water partition coefficient (Wildman–Crippen LogP) is 2.68. The van der Waals surface area contributed by atoms with Crippen LogP contribution in [0.4, 0.5) is 5.69 Å². The Morgan fingerprint density at radius 1 is 1.03 bits per heavy atom. The molecule has 0 heterocycles. The van der Waals surface area contributed by atoms with Gasteiger partial charge in [0.25, 0.3) is 5.91 Å². The van der Waals surface area contributed by atoms with E-state index in [0.29, 0.717) is 17.7 Å². The van der Waals surface area contributed by atoms with Crippen LogP contribution in [0.3, 0.4) is 0 Å². The molecule has 7 nitrogen and oxygen atoms in total. The second kappa shape index (κ2) is 8.54. The molecule has 1 atom stereocenters. The molecule has 158 valence electrons. The summed E-state index contributed by atoms with van der Waals surface area (Å²) in [5.41, 5.74) is 2.30. The van der Waals surface area contributed by atoms with Crippen LogP contribution < -0.4 is 9.62 Å². The number of benzene rings is 2. The molecule has 0 spiro atoms. The molecule has 29 heavy (non-hydrogen) atoms. The van der Waals surface area contributed by atoms with Crippen LogP contribution in [0.2, 0.25) is 0 Å². The van der Waals surface area contributed by atoms with Crippen LogP contribution in [0.15, 0.2) is 47.4 Å². The molecular weight excluding hydrogens is 412 g/mol. The van der Waals surface area contributed by atoms with Crippen LogP contribution in [0, 0.1) is 6.92 Å². The minimum atomic E-state index is -3.46. The molecule has 9 heteroatoms. The van der Waals surface area contributed by atoms with Crippen molar-refractivity contribution in [1.82, 2.24) is 5.32 Å². The van der Waals surface area contributed by atoms with E-state index in [4.69, 9.17) is 0 Å². The number of hydrogen-bond acceptors (Lipinski definition) is 5. The summed E-state index contributed by atoms with van der Waals surface area (Å²) in [6, 6.07) is 11.0. The summed E-state index contributed by atoms with van der Waals surface area (Å²) in [4.78, 5) is 13.0. The first-order valence-electron chi connectivity index (χ1n) is 9.00. The summed E-state index contributed by atoms with van der Waals surface area (Å²) in [5, 5.41) is 2.93. The number of nitrogens with zero attached hydrogens (tertiary/aromatic N) is 1.